The molecule has 0 atom stereocenters. The van der Waals surface area contributed by atoms with E-state index in [4.69, 9.17) is 4.74 Å². The largest absolute Gasteiger partial charge is 0.494 e. The third-order valence-electron chi connectivity index (χ3n) is 1.00. The lowest BCUT2D eigenvalue weighted by molar-refractivity contribution is 0.409. The molecule has 0 N–H and O–H groups in total. The molecule has 0 radical (unpaired) electrons. The highest BCUT2D eigenvalue weighted by atomic mass is 127. The number of nitrogens with zero attached hydrogens (tertiary/aromatic N) is 1. The van der Waals surface area contributed by atoms with Gasteiger partial charge in [-0.15, -0.1) is 0 Å². The number of aromatic nitrogens is 1. The standard InChI is InChI=1S/C6H5BrINO/c1-10-4-2-3-5(7)9-6(4)8/h2-3H,1H3. The van der Waals surface area contributed by atoms with E-state index < -0.39 is 0 Å². The quantitative estimate of drug-likeness (QED) is 0.587. The lowest BCUT2D eigenvalue weighted by Crippen LogP contribution is -1.89. The number of hydrogen-bond donors (Lipinski definition) is 0. The molecular formula is C6H5BrINO. The van der Waals surface area contributed by atoms with Gasteiger partial charge in [-0.05, 0) is 50.7 Å². The summed E-state index contributed by atoms with van der Waals surface area (Å²) in [5.41, 5.74) is 0. The van der Waals surface area contributed by atoms with Crippen LogP contribution in [0.2, 0.25) is 0 Å². The topological polar surface area (TPSA) is 22.1 Å². The van der Waals surface area contributed by atoms with Gasteiger partial charge in [0.05, 0.1) is 7.11 Å². The summed E-state index contributed by atoms with van der Waals surface area (Å²) in [4.78, 5) is 4.12. The molecular weight excluding hydrogens is 309 g/mol. The van der Waals surface area contributed by atoms with Crippen LogP contribution in [-0.2, 0) is 0 Å². The molecule has 0 aliphatic rings. The number of pyridine rings is 1. The van der Waals surface area contributed by atoms with Crippen molar-refractivity contribution in [3.05, 3.63) is 20.4 Å². The van der Waals surface area contributed by atoms with Crippen LogP contribution in [0.5, 0.6) is 5.75 Å². The molecule has 0 aliphatic heterocycles. The Kier molecular flexibility index (Phi) is 2.91. The zero-order valence-corrected chi connectivity index (χ0v) is 9.01. The van der Waals surface area contributed by atoms with E-state index in [1.54, 1.807) is 7.11 Å². The number of rotatable bonds is 1. The Morgan fingerprint density at radius 1 is 1.60 bits per heavy atom. The summed E-state index contributed by atoms with van der Waals surface area (Å²) >= 11 is 5.37. The first kappa shape index (κ1) is 8.26. The molecule has 54 valence electrons. The zero-order valence-electron chi connectivity index (χ0n) is 5.27. The molecule has 2 nitrogen and oxygen atoms in total. The van der Waals surface area contributed by atoms with Crippen LogP contribution in [0, 0.1) is 3.70 Å². The van der Waals surface area contributed by atoms with Crippen LogP contribution in [0.15, 0.2) is 16.7 Å². The Hall–Kier alpha value is 0.160. The van der Waals surface area contributed by atoms with Gasteiger partial charge in [-0.25, -0.2) is 4.98 Å². The maximum Gasteiger partial charge on any atom is 0.150 e. The average molecular weight is 314 g/mol. The molecule has 0 aromatic carbocycles. The second-order valence-corrected chi connectivity index (χ2v) is 3.46. The van der Waals surface area contributed by atoms with Crippen LogP contribution < -0.4 is 4.74 Å². The van der Waals surface area contributed by atoms with Gasteiger partial charge < -0.3 is 4.74 Å². The highest BCUT2D eigenvalue weighted by Crippen LogP contribution is 2.20. The fourth-order valence-electron chi connectivity index (χ4n) is 0.552. The molecule has 0 saturated heterocycles. The lowest BCUT2D eigenvalue weighted by Gasteiger charge is -2.00. The van der Waals surface area contributed by atoms with Gasteiger partial charge in [-0.3, -0.25) is 0 Å². The smallest absolute Gasteiger partial charge is 0.150 e. The molecule has 1 aromatic rings. The number of ether oxygens (including phenoxy) is 1. The second kappa shape index (κ2) is 3.52. The Morgan fingerprint density at radius 2 is 2.30 bits per heavy atom. The van der Waals surface area contributed by atoms with Gasteiger partial charge in [0.1, 0.15) is 8.30 Å². The van der Waals surface area contributed by atoms with Gasteiger partial charge in [-0.2, -0.15) is 0 Å². The van der Waals surface area contributed by atoms with Crippen molar-refractivity contribution in [3.8, 4) is 5.75 Å². The molecule has 1 heterocycles. The van der Waals surface area contributed by atoms with E-state index >= 15 is 0 Å². The molecule has 0 amide bonds. The van der Waals surface area contributed by atoms with E-state index in [1.807, 2.05) is 12.1 Å². The van der Waals surface area contributed by atoms with Crippen LogP contribution >= 0.6 is 38.5 Å². The van der Waals surface area contributed by atoms with Crippen molar-refractivity contribution in [1.29, 1.82) is 0 Å². The highest BCUT2D eigenvalue weighted by Gasteiger charge is 1.99. The maximum absolute atomic E-state index is 5.01. The Labute approximate surface area is 81.3 Å². The first-order chi connectivity index (χ1) is 4.74. The van der Waals surface area contributed by atoms with Crippen molar-refractivity contribution in [2.45, 2.75) is 0 Å². The van der Waals surface area contributed by atoms with Crippen molar-refractivity contribution >= 4 is 38.5 Å². The molecule has 0 spiro atoms. The second-order valence-electron chi connectivity index (χ2n) is 1.63. The molecule has 0 unspecified atom stereocenters. The fourth-order valence-corrected chi connectivity index (χ4v) is 1.85. The van der Waals surface area contributed by atoms with Crippen molar-refractivity contribution in [1.82, 2.24) is 4.98 Å². The molecule has 1 aromatic heterocycles. The minimum atomic E-state index is 0.809. The van der Waals surface area contributed by atoms with E-state index in [0.29, 0.717) is 0 Å². The van der Waals surface area contributed by atoms with Gasteiger partial charge in [0.2, 0.25) is 0 Å². The summed E-state index contributed by atoms with van der Waals surface area (Å²) in [6.07, 6.45) is 0. The number of halogens is 2. The Morgan fingerprint density at radius 3 is 2.80 bits per heavy atom. The first-order valence-electron chi connectivity index (χ1n) is 2.60. The lowest BCUT2D eigenvalue weighted by atomic mass is 10.5. The van der Waals surface area contributed by atoms with E-state index in [0.717, 1.165) is 14.1 Å². The Balaban J connectivity index is 3.07. The van der Waals surface area contributed by atoms with Crippen molar-refractivity contribution < 1.29 is 4.74 Å². The van der Waals surface area contributed by atoms with Crippen molar-refractivity contribution in [2.24, 2.45) is 0 Å². The maximum atomic E-state index is 5.01. The van der Waals surface area contributed by atoms with Crippen LogP contribution in [0.4, 0.5) is 0 Å². The van der Waals surface area contributed by atoms with E-state index in [1.165, 1.54) is 0 Å². The van der Waals surface area contributed by atoms with Gasteiger partial charge in [0.25, 0.3) is 0 Å². The predicted molar refractivity (Wildman–Crippen MR) is 51.2 cm³/mol. The van der Waals surface area contributed by atoms with Crippen LogP contribution in [0.1, 0.15) is 0 Å². The molecule has 0 saturated carbocycles. The first-order valence-corrected chi connectivity index (χ1v) is 4.47. The van der Waals surface area contributed by atoms with Gasteiger partial charge in [0, 0.05) is 0 Å². The van der Waals surface area contributed by atoms with Crippen LogP contribution in [-0.4, -0.2) is 12.1 Å². The third kappa shape index (κ3) is 1.82. The number of methoxy groups -OCH3 is 1. The number of hydrogen-bond acceptors (Lipinski definition) is 2. The van der Waals surface area contributed by atoms with E-state index in [9.17, 15) is 0 Å². The molecule has 0 fully saturated rings. The summed E-state index contributed by atoms with van der Waals surface area (Å²) in [6, 6.07) is 3.72. The summed E-state index contributed by atoms with van der Waals surface area (Å²) < 4.78 is 6.71. The molecule has 4 heteroatoms. The molecule has 1 rings (SSSR count). The highest BCUT2D eigenvalue weighted by molar-refractivity contribution is 14.1. The third-order valence-corrected chi connectivity index (χ3v) is 2.21. The monoisotopic (exact) mass is 313 g/mol. The molecule has 10 heavy (non-hydrogen) atoms. The zero-order chi connectivity index (χ0) is 7.56. The van der Waals surface area contributed by atoms with Crippen molar-refractivity contribution in [3.63, 3.8) is 0 Å². The van der Waals surface area contributed by atoms with Gasteiger partial charge in [0.15, 0.2) is 5.75 Å². The minimum Gasteiger partial charge on any atom is -0.494 e. The summed E-state index contributed by atoms with van der Waals surface area (Å²) in [7, 11) is 1.63. The minimum absolute atomic E-state index is 0.809. The normalized spacial score (nSPS) is 9.50. The predicted octanol–water partition coefficient (Wildman–Crippen LogP) is 2.46. The van der Waals surface area contributed by atoms with E-state index in [-0.39, 0.29) is 0 Å². The van der Waals surface area contributed by atoms with Gasteiger partial charge in [-0.1, -0.05) is 0 Å². The Bertz CT molecular complexity index is 241. The molecule has 0 aliphatic carbocycles. The summed E-state index contributed by atoms with van der Waals surface area (Å²) in [5.74, 6) is 0.809. The summed E-state index contributed by atoms with van der Waals surface area (Å²) in [5, 5.41) is 0. The molecule has 0 bridgehead atoms. The van der Waals surface area contributed by atoms with Crippen LogP contribution in [0.25, 0.3) is 0 Å². The SMILES string of the molecule is COc1ccc(Br)nc1I. The van der Waals surface area contributed by atoms with Crippen LogP contribution in [0.3, 0.4) is 0 Å². The average Bonchev–Trinajstić information content (AvgIpc) is 1.88. The fraction of sp³-hybridized carbons (Fsp3) is 0.167. The van der Waals surface area contributed by atoms with E-state index in [2.05, 4.69) is 43.5 Å². The summed E-state index contributed by atoms with van der Waals surface area (Å²) in [6.45, 7) is 0. The van der Waals surface area contributed by atoms with Gasteiger partial charge >= 0.3 is 0 Å². The van der Waals surface area contributed by atoms with Crippen molar-refractivity contribution in [2.75, 3.05) is 7.11 Å².